The number of pyridine rings is 1. The number of nitrogens with zero attached hydrogens (tertiary/aromatic N) is 5. The maximum absolute atomic E-state index is 13.0. The first-order chi connectivity index (χ1) is 21.1. The summed E-state index contributed by atoms with van der Waals surface area (Å²) in [5, 5.41) is 19.4. The standard InChI is InChI=1S/C23H30N6O3.C8H9NO3/c1-15-13-18(32-27-15)23(8-9-23)22(31)25-17-6-7-19(26-20(17)24)29-12-4-5-16(14-29)21(30)28-10-2-3-11-28;1-5-4-6(12-9-5)8(2-3-8)7(10)11/h6-7,13,16H,2-5,8-12,14H2,1H3,(H2,24,26)(H,25,31);4H,2-3H2,1H3,(H,10,11)/t16-;/m1./s1. The highest BCUT2D eigenvalue weighted by Gasteiger charge is 2.55. The van der Waals surface area contributed by atoms with Gasteiger partial charge in [0.25, 0.3) is 0 Å². The van der Waals surface area contributed by atoms with Crippen LogP contribution in [0.1, 0.15) is 74.3 Å². The third-order valence-corrected chi connectivity index (χ3v) is 9.21. The fraction of sp³-hybridized carbons (Fsp3) is 0.548. The predicted octanol–water partition coefficient (Wildman–Crippen LogP) is 3.57. The van der Waals surface area contributed by atoms with Gasteiger partial charge in [0, 0.05) is 38.3 Å². The van der Waals surface area contributed by atoms with Gasteiger partial charge in [-0.2, -0.15) is 0 Å². The lowest BCUT2D eigenvalue weighted by molar-refractivity contribution is -0.140. The first kappa shape index (κ1) is 29.6. The van der Waals surface area contributed by atoms with E-state index in [1.165, 1.54) is 0 Å². The zero-order valence-corrected chi connectivity index (χ0v) is 25.2. The van der Waals surface area contributed by atoms with Crippen molar-refractivity contribution in [2.45, 2.75) is 76.0 Å². The summed E-state index contributed by atoms with van der Waals surface area (Å²) in [5.74, 6) is 1.42. The number of carboxylic acids is 1. The minimum absolute atomic E-state index is 0.00402. The van der Waals surface area contributed by atoms with E-state index in [9.17, 15) is 14.4 Å². The van der Waals surface area contributed by atoms with Crippen molar-refractivity contribution in [3.05, 3.63) is 47.2 Å². The quantitative estimate of drug-likeness (QED) is 0.358. The summed E-state index contributed by atoms with van der Waals surface area (Å²) in [4.78, 5) is 45.3. The van der Waals surface area contributed by atoms with E-state index in [2.05, 4.69) is 25.5 Å². The Bertz CT molecular complexity index is 1550. The number of nitrogens with one attached hydrogen (secondary N) is 1. The van der Waals surface area contributed by atoms with Crippen molar-refractivity contribution in [3.8, 4) is 0 Å². The van der Waals surface area contributed by atoms with E-state index in [4.69, 9.17) is 19.9 Å². The monoisotopic (exact) mass is 605 g/mol. The second kappa shape index (κ2) is 11.6. The summed E-state index contributed by atoms with van der Waals surface area (Å²) in [6, 6.07) is 7.17. The van der Waals surface area contributed by atoms with Crippen molar-refractivity contribution in [3.63, 3.8) is 0 Å². The predicted molar refractivity (Wildman–Crippen MR) is 160 cm³/mol. The summed E-state index contributed by atoms with van der Waals surface area (Å²) >= 11 is 0. The van der Waals surface area contributed by atoms with Crippen molar-refractivity contribution in [2.75, 3.05) is 42.1 Å². The number of likely N-dealkylation sites (tertiary alicyclic amines) is 1. The van der Waals surface area contributed by atoms with Gasteiger partial charge >= 0.3 is 5.97 Å². The fourth-order valence-corrected chi connectivity index (χ4v) is 6.15. The molecule has 2 saturated carbocycles. The molecule has 1 atom stereocenters. The van der Waals surface area contributed by atoms with Gasteiger partial charge in [-0.1, -0.05) is 10.3 Å². The van der Waals surface area contributed by atoms with Crippen molar-refractivity contribution in [1.29, 1.82) is 0 Å². The Morgan fingerprint density at radius 1 is 0.932 bits per heavy atom. The number of nitrogens with two attached hydrogens (primary N) is 1. The van der Waals surface area contributed by atoms with Crippen LogP contribution in [0.4, 0.5) is 17.3 Å². The minimum atomic E-state index is -0.807. The molecule has 0 radical (unpaired) electrons. The van der Waals surface area contributed by atoms with Crippen molar-refractivity contribution < 1.29 is 28.5 Å². The van der Waals surface area contributed by atoms with Gasteiger partial charge in [-0.15, -0.1) is 0 Å². The normalized spacial score (nSPS) is 21.3. The smallest absolute Gasteiger partial charge is 0.317 e. The van der Waals surface area contributed by atoms with Gasteiger partial charge < -0.3 is 35.0 Å². The molecule has 2 aliphatic carbocycles. The Hall–Kier alpha value is -4.42. The number of carboxylic acid groups (broad SMARTS) is 1. The molecule has 234 valence electrons. The van der Waals surface area contributed by atoms with E-state index in [0.717, 1.165) is 75.4 Å². The minimum Gasteiger partial charge on any atom is -0.480 e. The number of carbonyl (C=O) groups excluding carboxylic acids is 2. The SMILES string of the molecule is Cc1cc(C2(C(=O)Nc3ccc(N4CCC[C@@H](C(=O)N5CCCC5)C4)nc3N)CC2)on1.Cc1cc(C2(C(=O)O)CC2)on1. The van der Waals surface area contributed by atoms with Gasteiger partial charge in [-0.05, 0) is 77.3 Å². The number of hydrogen-bond acceptors (Lipinski definition) is 10. The molecule has 2 aliphatic heterocycles. The molecule has 44 heavy (non-hydrogen) atoms. The lowest BCUT2D eigenvalue weighted by atomic mass is 9.96. The highest BCUT2D eigenvalue weighted by molar-refractivity contribution is 6.02. The number of nitrogen functional groups attached to an aromatic ring is 1. The van der Waals surface area contributed by atoms with Gasteiger partial charge in [0.15, 0.2) is 11.5 Å². The van der Waals surface area contributed by atoms with Crippen LogP contribution in [0.15, 0.2) is 33.3 Å². The number of carbonyl (C=O) groups is 3. The highest BCUT2D eigenvalue weighted by atomic mass is 16.5. The Labute approximate surface area is 255 Å². The molecule has 3 aromatic rings. The lowest BCUT2D eigenvalue weighted by Crippen LogP contribution is -2.44. The van der Waals surface area contributed by atoms with Crippen LogP contribution < -0.4 is 16.0 Å². The van der Waals surface area contributed by atoms with Gasteiger partial charge in [0.1, 0.15) is 22.5 Å². The topological polar surface area (TPSA) is 181 Å². The van der Waals surface area contributed by atoms with Crippen LogP contribution >= 0.6 is 0 Å². The largest absolute Gasteiger partial charge is 0.480 e. The van der Waals surface area contributed by atoms with E-state index in [1.807, 2.05) is 24.0 Å². The Kier molecular flexibility index (Phi) is 7.80. The average molecular weight is 606 g/mol. The van der Waals surface area contributed by atoms with Crippen LogP contribution in [0.2, 0.25) is 0 Å². The van der Waals surface area contributed by atoms with E-state index in [0.29, 0.717) is 36.6 Å². The molecule has 2 amide bonds. The van der Waals surface area contributed by atoms with Gasteiger partial charge in [0.05, 0.1) is 23.0 Å². The van der Waals surface area contributed by atoms with Gasteiger partial charge in [-0.3, -0.25) is 14.4 Å². The molecule has 2 saturated heterocycles. The summed E-state index contributed by atoms with van der Waals surface area (Å²) in [6.07, 6.45) is 6.84. The Balaban J connectivity index is 0.000000238. The molecule has 4 N–H and O–H groups in total. The molecular weight excluding hydrogens is 566 g/mol. The fourth-order valence-electron chi connectivity index (χ4n) is 6.15. The second-order valence-corrected chi connectivity index (χ2v) is 12.5. The zero-order valence-electron chi connectivity index (χ0n) is 25.2. The summed E-state index contributed by atoms with van der Waals surface area (Å²) < 4.78 is 10.3. The van der Waals surface area contributed by atoms with E-state index >= 15 is 0 Å². The van der Waals surface area contributed by atoms with Crippen molar-refractivity contribution in [2.24, 2.45) is 5.92 Å². The Morgan fingerprint density at radius 2 is 1.55 bits per heavy atom. The number of amides is 2. The average Bonchev–Trinajstić information content (AvgIpc) is 3.82. The molecule has 13 nitrogen and oxygen atoms in total. The van der Waals surface area contributed by atoms with E-state index in [-0.39, 0.29) is 23.6 Å². The highest BCUT2D eigenvalue weighted by Crippen LogP contribution is 2.50. The third kappa shape index (κ3) is 5.74. The molecule has 0 bridgehead atoms. The first-order valence-electron chi connectivity index (χ1n) is 15.3. The number of aliphatic carboxylic acids is 1. The Morgan fingerprint density at radius 3 is 2.07 bits per heavy atom. The molecule has 0 unspecified atom stereocenters. The number of aryl methyl sites for hydroxylation is 2. The number of aromatic nitrogens is 3. The number of piperidine rings is 1. The van der Waals surface area contributed by atoms with Crippen molar-refractivity contribution >= 4 is 35.1 Å². The molecule has 0 spiro atoms. The summed E-state index contributed by atoms with van der Waals surface area (Å²) in [5.41, 5.74) is 6.78. The van der Waals surface area contributed by atoms with E-state index < -0.39 is 16.8 Å². The van der Waals surface area contributed by atoms with Crippen LogP contribution in [0.25, 0.3) is 0 Å². The van der Waals surface area contributed by atoms with Crippen LogP contribution in [-0.2, 0) is 25.2 Å². The zero-order chi connectivity index (χ0) is 31.1. The third-order valence-electron chi connectivity index (χ3n) is 9.21. The molecule has 5 heterocycles. The maximum atomic E-state index is 13.0. The molecule has 13 heteroatoms. The molecule has 0 aromatic carbocycles. The summed E-state index contributed by atoms with van der Waals surface area (Å²) in [6.45, 7) is 6.88. The molecular formula is C31H39N7O6. The van der Waals surface area contributed by atoms with Crippen molar-refractivity contribution in [1.82, 2.24) is 20.2 Å². The molecule has 3 aromatic heterocycles. The van der Waals surface area contributed by atoms with Crippen LogP contribution in [0, 0.1) is 19.8 Å². The molecule has 4 fully saturated rings. The van der Waals surface area contributed by atoms with Gasteiger partial charge in [0.2, 0.25) is 11.8 Å². The number of hydrogen-bond donors (Lipinski definition) is 3. The van der Waals surface area contributed by atoms with Crippen LogP contribution in [-0.4, -0.2) is 69.3 Å². The maximum Gasteiger partial charge on any atom is 0.317 e. The second-order valence-electron chi connectivity index (χ2n) is 12.5. The number of anilines is 3. The van der Waals surface area contributed by atoms with Crippen LogP contribution in [0.5, 0.6) is 0 Å². The van der Waals surface area contributed by atoms with Gasteiger partial charge in [-0.25, -0.2) is 4.98 Å². The summed E-state index contributed by atoms with van der Waals surface area (Å²) in [7, 11) is 0. The molecule has 4 aliphatic rings. The molecule has 7 rings (SSSR count). The van der Waals surface area contributed by atoms with Crippen LogP contribution in [0.3, 0.4) is 0 Å². The first-order valence-corrected chi connectivity index (χ1v) is 15.3. The number of rotatable bonds is 7. The van der Waals surface area contributed by atoms with E-state index in [1.54, 1.807) is 19.1 Å². The lowest BCUT2D eigenvalue weighted by Gasteiger charge is -2.34.